The van der Waals surface area contributed by atoms with E-state index in [1.807, 2.05) is 35.2 Å². The summed E-state index contributed by atoms with van der Waals surface area (Å²) in [5.41, 5.74) is 1.60. The number of halogens is 5. The van der Waals surface area contributed by atoms with Gasteiger partial charge in [0.15, 0.2) is 5.65 Å². The fourth-order valence-electron chi connectivity index (χ4n) is 4.01. The third kappa shape index (κ3) is 5.58. The summed E-state index contributed by atoms with van der Waals surface area (Å²) in [6, 6.07) is 10.5. The smallest absolute Gasteiger partial charge is 0.417 e. The number of hydrogen-bond acceptors (Lipinski definition) is 6. The second-order valence-corrected chi connectivity index (χ2v) is 9.66. The van der Waals surface area contributed by atoms with E-state index in [1.165, 1.54) is 0 Å². The third-order valence-electron chi connectivity index (χ3n) is 5.93. The molecule has 1 aromatic carbocycles. The Morgan fingerprint density at radius 3 is 2.47 bits per heavy atom. The summed E-state index contributed by atoms with van der Waals surface area (Å²) in [4.78, 5) is 20.2. The monoisotopic (exact) mass is 580 g/mol. The maximum Gasteiger partial charge on any atom is 0.417 e. The van der Waals surface area contributed by atoms with E-state index in [0.29, 0.717) is 25.5 Å². The van der Waals surface area contributed by atoms with E-state index in [0.717, 1.165) is 64.7 Å². The maximum atomic E-state index is 12.8. The highest BCUT2D eigenvalue weighted by atomic mass is 79.9. The van der Waals surface area contributed by atoms with Crippen LogP contribution in [0.2, 0.25) is 5.02 Å². The van der Waals surface area contributed by atoms with Crippen LogP contribution in [0.25, 0.3) is 22.6 Å². The number of piperazine rings is 1. The Bertz CT molecular complexity index is 1360. The van der Waals surface area contributed by atoms with E-state index in [-0.39, 0.29) is 5.02 Å². The van der Waals surface area contributed by atoms with Crippen LogP contribution in [0.4, 0.5) is 19.0 Å². The van der Waals surface area contributed by atoms with Gasteiger partial charge in [0.2, 0.25) is 0 Å². The number of aromatic nitrogens is 4. The maximum absolute atomic E-state index is 12.8. The van der Waals surface area contributed by atoms with Crippen LogP contribution in [0.3, 0.4) is 0 Å². The van der Waals surface area contributed by atoms with Crippen LogP contribution in [-0.4, -0.2) is 64.2 Å². The Hall–Kier alpha value is -2.89. The van der Waals surface area contributed by atoms with Gasteiger partial charge >= 0.3 is 6.18 Å². The Labute approximate surface area is 218 Å². The van der Waals surface area contributed by atoms with Crippen LogP contribution in [-0.2, 0) is 6.18 Å². The molecule has 188 valence electrons. The molecule has 0 unspecified atom stereocenters. The van der Waals surface area contributed by atoms with Crippen LogP contribution in [0, 0.1) is 0 Å². The lowest BCUT2D eigenvalue weighted by Crippen LogP contribution is -2.47. The van der Waals surface area contributed by atoms with Gasteiger partial charge in [0.25, 0.3) is 0 Å². The third-order valence-corrected chi connectivity index (χ3v) is 6.64. The van der Waals surface area contributed by atoms with Crippen LogP contribution >= 0.6 is 27.5 Å². The van der Waals surface area contributed by atoms with Gasteiger partial charge in [0.05, 0.1) is 10.6 Å². The number of nitrogens with one attached hydrogen (secondary N) is 1. The molecule has 0 amide bonds. The second kappa shape index (κ2) is 10.2. The molecule has 1 fully saturated rings. The molecule has 4 aromatic rings. The summed E-state index contributed by atoms with van der Waals surface area (Å²) in [6.45, 7) is 3.95. The molecule has 1 saturated heterocycles. The van der Waals surface area contributed by atoms with Crippen molar-refractivity contribution in [3.05, 3.63) is 63.9 Å². The minimum Gasteiger partial charge on any atom is -0.492 e. The first kappa shape index (κ1) is 24.8. The number of ether oxygens (including phenoxy) is 1. The number of pyridine rings is 2. The van der Waals surface area contributed by atoms with Crippen LogP contribution in [0.5, 0.6) is 5.75 Å². The molecule has 4 heterocycles. The minimum atomic E-state index is -4.46. The van der Waals surface area contributed by atoms with Gasteiger partial charge < -0.3 is 14.6 Å². The number of alkyl halides is 3. The van der Waals surface area contributed by atoms with Crippen molar-refractivity contribution in [1.82, 2.24) is 24.8 Å². The lowest BCUT2D eigenvalue weighted by atomic mass is 10.2. The van der Waals surface area contributed by atoms with Crippen molar-refractivity contribution in [2.75, 3.05) is 44.2 Å². The Morgan fingerprint density at radius 2 is 1.78 bits per heavy atom. The highest BCUT2D eigenvalue weighted by Gasteiger charge is 2.32. The molecule has 0 atom stereocenters. The molecule has 12 heteroatoms. The molecule has 1 N–H and O–H groups in total. The summed E-state index contributed by atoms with van der Waals surface area (Å²) in [6.07, 6.45) is -1.91. The summed E-state index contributed by atoms with van der Waals surface area (Å²) >= 11 is 9.49. The summed E-state index contributed by atoms with van der Waals surface area (Å²) < 4.78 is 45.3. The molecule has 1 aliphatic heterocycles. The molecule has 0 radical (unpaired) electrons. The van der Waals surface area contributed by atoms with Crippen LogP contribution in [0.15, 0.2) is 53.3 Å². The standard InChI is InChI=1S/C24H21BrClF3N6O/c25-17-12-20-22(30-14-17)33-21(32-20)15-1-3-18(4-2-15)36-10-9-34-5-7-35(8-6-34)23-19(26)11-16(13-31-23)24(27,28)29/h1-4,11-14H,5-10H2,(H,30,32,33). The summed E-state index contributed by atoms with van der Waals surface area (Å²) in [7, 11) is 0. The van der Waals surface area contributed by atoms with Gasteiger partial charge in [-0.15, -0.1) is 0 Å². The second-order valence-electron chi connectivity index (χ2n) is 8.34. The Balaban J connectivity index is 1.10. The number of imidazole rings is 1. The number of fused-ring (bicyclic) bond motifs is 1. The SMILES string of the molecule is FC(F)(F)c1cnc(N2CCN(CCOc3ccc(-c4nc5cc(Br)cnc5[nH]4)cc3)CC2)c(Cl)c1. The van der Waals surface area contributed by atoms with Gasteiger partial charge in [-0.05, 0) is 52.3 Å². The first-order valence-corrected chi connectivity index (χ1v) is 12.4. The van der Waals surface area contributed by atoms with Gasteiger partial charge in [0.1, 0.15) is 29.5 Å². The fraction of sp³-hybridized carbons (Fsp3) is 0.292. The number of benzene rings is 1. The molecule has 36 heavy (non-hydrogen) atoms. The molecule has 0 bridgehead atoms. The number of aromatic amines is 1. The van der Waals surface area contributed by atoms with Crippen molar-refractivity contribution in [2.24, 2.45) is 0 Å². The molecule has 0 saturated carbocycles. The van der Waals surface area contributed by atoms with Crippen molar-refractivity contribution in [3.63, 3.8) is 0 Å². The topological polar surface area (TPSA) is 70.2 Å². The van der Waals surface area contributed by atoms with E-state index in [2.05, 4.69) is 40.8 Å². The number of hydrogen-bond donors (Lipinski definition) is 1. The predicted molar refractivity (Wildman–Crippen MR) is 135 cm³/mol. The van der Waals surface area contributed by atoms with Gasteiger partial charge in [-0.3, -0.25) is 4.90 Å². The fourth-order valence-corrected chi connectivity index (χ4v) is 4.62. The van der Waals surface area contributed by atoms with Gasteiger partial charge in [-0.1, -0.05) is 11.6 Å². The quantitative estimate of drug-likeness (QED) is 0.317. The van der Waals surface area contributed by atoms with Gasteiger partial charge in [-0.2, -0.15) is 13.2 Å². The number of anilines is 1. The zero-order valence-corrected chi connectivity index (χ0v) is 21.2. The molecular weight excluding hydrogens is 561 g/mol. The first-order valence-electron chi connectivity index (χ1n) is 11.2. The Morgan fingerprint density at radius 1 is 1.03 bits per heavy atom. The van der Waals surface area contributed by atoms with Crippen molar-refractivity contribution in [3.8, 4) is 17.1 Å². The van der Waals surface area contributed by atoms with E-state index in [4.69, 9.17) is 16.3 Å². The molecule has 3 aromatic heterocycles. The average Bonchev–Trinajstić information content (AvgIpc) is 3.28. The normalized spacial score (nSPS) is 15.0. The molecular formula is C24H21BrClF3N6O. The van der Waals surface area contributed by atoms with Crippen molar-refractivity contribution in [2.45, 2.75) is 6.18 Å². The van der Waals surface area contributed by atoms with E-state index in [9.17, 15) is 13.2 Å². The molecule has 7 nitrogen and oxygen atoms in total. The zero-order valence-electron chi connectivity index (χ0n) is 18.9. The van der Waals surface area contributed by atoms with Gasteiger partial charge in [0, 0.05) is 55.2 Å². The summed E-state index contributed by atoms with van der Waals surface area (Å²) in [5, 5.41) is 0.0110. The minimum absolute atomic E-state index is 0.0110. The van der Waals surface area contributed by atoms with Gasteiger partial charge in [-0.25, -0.2) is 15.0 Å². The molecule has 5 rings (SSSR count). The average molecular weight is 582 g/mol. The van der Waals surface area contributed by atoms with E-state index in [1.54, 1.807) is 6.20 Å². The highest BCUT2D eigenvalue weighted by molar-refractivity contribution is 9.10. The zero-order chi connectivity index (χ0) is 25.3. The van der Waals surface area contributed by atoms with E-state index >= 15 is 0 Å². The lowest BCUT2D eigenvalue weighted by molar-refractivity contribution is -0.137. The largest absolute Gasteiger partial charge is 0.492 e. The highest BCUT2D eigenvalue weighted by Crippen LogP contribution is 2.33. The van der Waals surface area contributed by atoms with Crippen molar-refractivity contribution < 1.29 is 17.9 Å². The van der Waals surface area contributed by atoms with Crippen LogP contribution < -0.4 is 9.64 Å². The lowest BCUT2D eigenvalue weighted by Gasteiger charge is -2.35. The van der Waals surface area contributed by atoms with E-state index < -0.39 is 11.7 Å². The molecule has 1 aliphatic rings. The van der Waals surface area contributed by atoms with Crippen molar-refractivity contribution >= 4 is 44.5 Å². The first-order chi connectivity index (χ1) is 17.3. The summed E-state index contributed by atoms with van der Waals surface area (Å²) in [5.74, 6) is 1.88. The number of rotatable bonds is 6. The predicted octanol–water partition coefficient (Wildman–Crippen LogP) is 5.66. The van der Waals surface area contributed by atoms with Crippen LogP contribution in [0.1, 0.15) is 5.56 Å². The number of nitrogens with zero attached hydrogens (tertiary/aromatic N) is 5. The Kier molecular flexibility index (Phi) is 7.05. The number of H-pyrrole nitrogens is 1. The van der Waals surface area contributed by atoms with Crippen molar-refractivity contribution in [1.29, 1.82) is 0 Å². The molecule has 0 aliphatic carbocycles. The molecule has 0 spiro atoms.